The lowest BCUT2D eigenvalue weighted by molar-refractivity contribution is 0.252. The van der Waals surface area contributed by atoms with Crippen LogP contribution in [0.25, 0.3) is 5.57 Å². The highest BCUT2D eigenvalue weighted by molar-refractivity contribution is 5.87. The summed E-state index contributed by atoms with van der Waals surface area (Å²) in [5, 5.41) is 14.7. The molecule has 1 unspecified atom stereocenters. The number of oxazole rings is 1. The van der Waals surface area contributed by atoms with Gasteiger partial charge in [0.25, 0.3) is 0 Å². The molecule has 2 amide bonds. The van der Waals surface area contributed by atoms with E-state index in [1.807, 2.05) is 26.0 Å². The molecule has 1 aliphatic carbocycles. The molecule has 2 aromatic rings. The first-order chi connectivity index (χ1) is 11.6. The van der Waals surface area contributed by atoms with Crippen LogP contribution in [0.1, 0.15) is 36.8 Å². The first-order valence-electron chi connectivity index (χ1n) is 7.69. The summed E-state index contributed by atoms with van der Waals surface area (Å²) in [6, 6.07) is 5.76. The van der Waals surface area contributed by atoms with E-state index in [2.05, 4.69) is 26.7 Å². The van der Waals surface area contributed by atoms with Gasteiger partial charge in [-0.15, -0.1) is 0 Å². The van der Waals surface area contributed by atoms with Crippen molar-refractivity contribution in [3.05, 3.63) is 47.1 Å². The van der Waals surface area contributed by atoms with Crippen LogP contribution in [0.5, 0.6) is 0 Å². The van der Waals surface area contributed by atoms with E-state index in [0.29, 0.717) is 30.0 Å². The Bertz CT molecular complexity index is 832. The minimum Gasteiger partial charge on any atom is -0.422 e. The number of rotatable bonds is 3. The van der Waals surface area contributed by atoms with Crippen molar-refractivity contribution in [2.75, 3.05) is 11.9 Å². The number of hydrogen-bond acceptors (Lipinski definition) is 5. The molecule has 0 aromatic carbocycles. The van der Waals surface area contributed by atoms with Crippen LogP contribution in [-0.4, -0.2) is 22.5 Å². The predicted molar refractivity (Wildman–Crippen MR) is 88.1 cm³/mol. The van der Waals surface area contributed by atoms with E-state index in [0.717, 1.165) is 11.1 Å². The molecule has 3 rings (SSSR count). The van der Waals surface area contributed by atoms with Crippen LogP contribution >= 0.6 is 0 Å². The van der Waals surface area contributed by atoms with E-state index in [1.54, 1.807) is 12.4 Å². The van der Waals surface area contributed by atoms with Crippen LogP contribution < -0.4 is 10.6 Å². The number of anilines is 1. The first kappa shape index (κ1) is 15.7. The molecule has 0 bridgehead atoms. The minimum absolute atomic E-state index is 0.0169. The Labute approximate surface area is 139 Å². The van der Waals surface area contributed by atoms with Crippen molar-refractivity contribution in [2.24, 2.45) is 0 Å². The Morgan fingerprint density at radius 1 is 1.54 bits per heavy atom. The Morgan fingerprint density at radius 3 is 3.04 bits per heavy atom. The number of carbonyl (C=O) groups excluding carboxylic acids is 1. The second-order valence-electron chi connectivity index (χ2n) is 5.49. The summed E-state index contributed by atoms with van der Waals surface area (Å²) in [6.45, 7) is 4.23. The van der Waals surface area contributed by atoms with E-state index in [-0.39, 0.29) is 18.0 Å². The van der Waals surface area contributed by atoms with Crippen LogP contribution in [0, 0.1) is 11.3 Å². The molecule has 7 heteroatoms. The molecule has 0 spiro atoms. The summed E-state index contributed by atoms with van der Waals surface area (Å²) in [6.07, 6.45) is 4.10. The fourth-order valence-electron chi connectivity index (χ4n) is 2.83. The van der Waals surface area contributed by atoms with Gasteiger partial charge in [0.15, 0.2) is 5.76 Å². The van der Waals surface area contributed by atoms with Gasteiger partial charge in [0.05, 0.1) is 11.3 Å². The van der Waals surface area contributed by atoms with E-state index in [4.69, 9.17) is 4.42 Å². The molecule has 0 saturated carbocycles. The van der Waals surface area contributed by atoms with Crippen molar-refractivity contribution in [3.8, 4) is 6.07 Å². The summed E-state index contributed by atoms with van der Waals surface area (Å²) in [7, 11) is 0. The van der Waals surface area contributed by atoms with Crippen LogP contribution in [0.3, 0.4) is 0 Å². The minimum atomic E-state index is -0.390. The monoisotopic (exact) mass is 323 g/mol. The zero-order valence-corrected chi connectivity index (χ0v) is 13.5. The van der Waals surface area contributed by atoms with Crippen molar-refractivity contribution in [2.45, 2.75) is 26.2 Å². The molecule has 1 aliphatic rings. The highest BCUT2D eigenvalue weighted by atomic mass is 16.4. The van der Waals surface area contributed by atoms with Crippen LogP contribution in [0.15, 0.2) is 34.5 Å². The number of fused-ring (bicyclic) bond motifs is 1. The molecule has 0 aliphatic heterocycles. The summed E-state index contributed by atoms with van der Waals surface area (Å²) in [5.41, 5.74) is 3.06. The average molecular weight is 323 g/mol. The molecule has 122 valence electrons. The van der Waals surface area contributed by atoms with Crippen molar-refractivity contribution < 1.29 is 9.21 Å². The van der Waals surface area contributed by atoms with Gasteiger partial charge in [0.1, 0.15) is 6.07 Å². The van der Waals surface area contributed by atoms with E-state index in [9.17, 15) is 10.1 Å². The van der Waals surface area contributed by atoms with Crippen molar-refractivity contribution >= 4 is 17.6 Å². The quantitative estimate of drug-likeness (QED) is 0.904. The number of urea groups is 1. The zero-order chi connectivity index (χ0) is 17.1. The smallest absolute Gasteiger partial charge is 0.322 e. The maximum Gasteiger partial charge on any atom is 0.322 e. The van der Waals surface area contributed by atoms with Crippen LogP contribution in [0.2, 0.25) is 0 Å². The maximum absolute atomic E-state index is 11.6. The lowest BCUT2D eigenvalue weighted by Gasteiger charge is -2.22. The second-order valence-corrected chi connectivity index (χ2v) is 5.49. The number of pyridine rings is 1. The molecule has 0 saturated heterocycles. The van der Waals surface area contributed by atoms with Crippen molar-refractivity contribution in [3.63, 3.8) is 0 Å². The number of amides is 2. The second kappa shape index (κ2) is 6.54. The number of nitriles is 1. The van der Waals surface area contributed by atoms with Crippen molar-refractivity contribution in [1.29, 1.82) is 5.26 Å². The normalized spacial score (nSPS) is 16.3. The molecule has 2 aromatic heterocycles. The van der Waals surface area contributed by atoms with E-state index >= 15 is 0 Å². The summed E-state index contributed by atoms with van der Waals surface area (Å²) >= 11 is 0. The molecule has 0 fully saturated rings. The van der Waals surface area contributed by atoms with Gasteiger partial charge < -0.3 is 9.73 Å². The lowest BCUT2D eigenvalue weighted by Crippen LogP contribution is -2.28. The standard InChI is InChI=1S/C17H17N5O2/c1-3-20-16(23)22-17-21-14-7-12(11-5-4-6-19-9-11)10(2)13(8-18)15(14)24-17/h4-6,9,12H,3,7H2,1-2H3,(H2,20,21,22,23). The highest BCUT2D eigenvalue weighted by Gasteiger charge is 2.31. The molecule has 0 radical (unpaired) electrons. The zero-order valence-electron chi connectivity index (χ0n) is 13.5. The predicted octanol–water partition coefficient (Wildman–Crippen LogP) is 2.85. The van der Waals surface area contributed by atoms with Crippen LogP contribution in [-0.2, 0) is 6.42 Å². The Hall–Kier alpha value is -3.14. The number of hydrogen-bond donors (Lipinski definition) is 2. The fraction of sp³-hybridized carbons (Fsp3) is 0.294. The number of allylic oxidation sites excluding steroid dienone is 2. The number of nitrogens with zero attached hydrogens (tertiary/aromatic N) is 3. The first-order valence-corrected chi connectivity index (χ1v) is 7.69. The fourth-order valence-corrected chi connectivity index (χ4v) is 2.83. The largest absolute Gasteiger partial charge is 0.422 e. The SMILES string of the molecule is CCNC(=O)Nc1nc2c(o1)C(C#N)=C(C)C(c1cccnc1)C2. The van der Waals surface area contributed by atoms with E-state index in [1.165, 1.54) is 0 Å². The number of nitrogens with one attached hydrogen (secondary N) is 2. The van der Waals surface area contributed by atoms with Gasteiger partial charge in [-0.1, -0.05) is 6.07 Å². The van der Waals surface area contributed by atoms with Gasteiger partial charge >= 0.3 is 12.0 Å². The van der Waals surface area contributed by atoms with Crippen molar-refractivity contribution in [1.82, 2.24) is 15.3 Å². The van der Waals surface area contributed by atoms with Gasteiger partial charge in [-0.05, 0) is 31.1 Å². The third-order valence-corrected chi connectivity index (χ3v) is 4.00. The Morgan fingerprint density at radius 2 is 2.38 bits per heavy atom. The summed E-state index contributed by atoms with van der Waals surface area (Å²) in [4.78, 5) is 20.1. The van der Waals surface area contributed by atoms with Gasteiger partial charge in [0, 0.05) is 31.3 Å². The molecule has 2 heterocycles. The number of aromatic nitrogens is 2. The molecular formula is C17H17N5O2. The Kier molecular flexibility index (Phi) is 4.29. The van der Waals surface area contributed by atoms with Gasteiger partial charge in [-0.2, -0.15) is 10.2 Å². The molecule has 7 nitrogen and oxygen atoms in total. The molecule has 24 heavy (non-hydrogen) atoms. The highest BCUT2D eigenvalue weighted by Crippen LogP contribution is 2.40. The third kappa shape index (κ3) is 2.86. The van der Waals surface area contributed by atoms with Gasteiger partial charge in [-0.25, -0.2) is 4.79 Å². The summed E-state index contributed by atoms with van der Waals surface area (Å²) < 4.78 is 5.60. The maximum atomic E-state index is 11.6. The summed E-state index contributed by atoms with van der Waals surface area (Å²) in [5.74, 6) is 0.449. The van der Waals surface area contributed by atoms with Gasteiger partial charge in [-0.3, -0.25) is 10.3 Å². The van der Waals surface area contributed by atoms with Crippen LogP contribution in [0.4, 0.5) is 10.8 Å². The molecule has 2 N–H and O–H groups in total. The molecular weight excluding hydrogens is 306 g/mol. The van der Waals surface area contributed by atoms with E-state index < -0.39 is 0 Å². The Balaban J connectivity index is 1.96. The van der Waals surface area contributed by atoms with Gasteiger partial charge in [0.2, 0.25) is 0 Å². The average Bonchev–Trinajstić information content (AvgIpc) is 2.97. The lowest BCUT2D eigenvalue weighted by atomic mass is 9.81. The number of carbonyl (C=O) groups is 1. The third-order valence-electron chi connectivity index (χ3n) is 4.00. The topological polar surface area (TPSA) is 104 Å². The molecule has 1 atom stereocenters.